The van der Waals surface area contributed by atoms with Crippen molar-refractivity contribution in [3.63, 3.8) is 0 Å². The van der Waals surface area contributed by atoms with Gasteiger partial charge < -0.3 is 0 Å². The third kappa shape index (κ3) is 24.5. The Hall–Kier alpha value is 0.430. The first-order chi connectivity index (χ1) is 17.2. The molecule has 0 heterocycles. The van der Waals surface area contributed by atoms with Crippen LogP contribution in [0.2, 0.25) is 0 Å². The van der Waals surface area contributed by atoms with Gasteiger partial charge in [0.25, 0.3) is 0 Å². The van der Waals surface area contributed by atoms with Gasteiger partial charge in [-0.1, -0.05) is 175 Å². The van der Waals surface area contributed by atoms with E-state index in [1.165, 1.54) is 192 Å². The summed E-state index contributed by atoms with van der Waals surface area (Å²) in [6.45, 7) is 7.07. The van der Waals surface area contributed by atoms with Gasteiger partial charge in [-0.05, 0) is 43.7 Å². The summed E-state index contributed by atoms with van der Waals surface area (Å²) in [4.78, 5) is 0. The molecule has 1 unspecified atom stereocenters. The van der Waals surface area contributed by atoms with E-state index in [1.54, 1.807) is 0 Å². The minimum Gasteiger partial charge on any atom is -0.138 e. The second-order valence-corrected chi connectivity index (χ2v) is 12.6. The summed E-state index contributed by atoms with van der Waals surface area (Å²) < 4.78 is 0. The molecule has 0 nitrogen and oxygen atoms in total. The van der Waals surface area contributed by atoms with Crippen LogP contribution in [0.25, 0.3) is 0 Å². The molecular weight excluding hydrogens is 439 g/mol. The molecule has 0 aromatic carbocycles. The van der Waals surface area contributed by atoms with Crippen molar-refractivity contribution in [2.24, 2.45) is 5.41 Å². The van der Waals surface area contributed by atoms with Gasteiger partial charge in [-0.15, -0.1) is 9.24 Å². The maximum absolute atomic E-state index is 2.86. The second kappa shape index (κ2) is 29.0. The van der Waals surface area contributed by atoms with Crippen LogP contribution in [0.15, 0.2) is 0 Å². The molecule has 0 aliphatic heterocycles. The first kappa shape index (κ1) is 35.4. The van der Waals surface area contributed by atoms with Crippen molar-refractivity contribution in [3.05, 3.63) is 0 Å². The SMILES string of the molecule is CCCCCCC(CCCCCC)(CCCCCC)CCCCCCCCCCCCCCCP. The third-order valence-electron chi connectivity index (χ3n) is 8.59. The van der Waals surface area contributed by atoms with Crippen molar-refractivity contribution in [3.8, 4) is 0 Å². The molecule has 0 bridgehead atoms. The number of rotatable bonds is 30. The Kier molecular flexibility index (Phi) is 29.3. The fourth-order valence-electron chi connectivity index (χ4n) is 6.12. The molecule has 0 N–H and O–H groups in total. The van der Waals surface area contributed by atoms with E-state index in [1.807, 2.05) is 0 Å². The van der Waals surface area contributed by atoms with Crippen LogP contribution >= 0.6 is 9.24 Å². The first-order valence-electron chi connectivity index (χ1n) is 16.9. The minimum absolute atomic E-state index is 0.686. The van der Waals surface area contributed by atoms with Gasteiger partial charge in [-0.2, -0.15) is 0 Å². The standard InChI is InChI=1S/C34H71P/c1-4-7-10-24-29-34(30-25-11-8-5-2,31-26-12-9-6-3)32-27-22-20-18-16-14-13-15-17-19-21-23-28-33-35/h4-33,35H2,1-3H3. The number of hydrogen-bond acceptors (Lipinski definition) is 0. The molecule has 1 atom stereocenters. The van der Waals surface area contributed by atoms with Crippen molar-refractivity contribution in [2.45, 2.75) is 207 Å². The van der Waals surface area contributed by atoms with Crippen LogP contribution in [-0.4, -0.2) is 6.16 Å². The maximum atomic E-state index is 2.86. The van der Waals surface area contributed by atoms with Crippen LogP contribution in [0.1, 0.15) is 207 Å². The highest BCUT2D eigenvalue weighted by molar-refractivity contribution is 7.16. The van der Waals surface area contributed by atoms with E-state index in [9.17, 15) is 0 Å². The molecule has 0 saturated carbocycles. The van der Waals surface area contributed by atoms with Crippen molar-refractivity contribution >= 4 is 9.24 Å². The Morgan fingerprint density at radius 1 is 0.314 bits per heavy atom. The molecule has 1 heteroatoms. The lowest BCUT2D eigenvalue weighted by Gasteiger charge is -2.35. The van der Waals surface area contributed by atoms with Gasteiger partial charge in [0, 0.05) is 0 Å². The highest BCUT2D eigenvalue weighted by atomic mass is 31.0. The normalized spacial score (nSPS) is 12.0. The average molecular weight is 511 g/mol. The van der Waals surface area contributed by atoms with Gasteiger partial charge in [0.05, 0.1) is 0 Å². The molecule has 0 aromatic heterocycles. The van der Waals surface area contributed by atoms with E-state index in [0.717, 1.165) is 0 Å². The van der Waals surface area contributed by atoms with E-state index in [-0.39, 0.29) is 0 Å². The summed E-state index contributed by atoms with van der Waals surface area (Å²) in [5, 5.41) is 0. The highest BCUT2D eigenvalue weighted by Crippen LogP contribution is 2.42. The van der Waals surface area contributed by atoms with E-state index >= 15 is 0 Å². The van der Waals surface area contributed by atoms with E-state index in [4.69, 9.17) is 0 Å². The van der Waals surface area contributed by atoms with E-state index in [2.05, 4.69) is 30.0 Å². The van der Waals surface area contributed by atoms with Crippen LogP contribution in [0.4, 0.5) is 0 Å². The summed E-state index contributed by atoms with van der Waals surface area (Å²) in [6.07, 6.45) is 44.0. The first-order valence-corrected chi connectivity index (χ1v) is 17.8. The predicted octanol–water partition coefficient (Wildman–Crippen LogP) is 13.2. The van der Waals surface area contributed by atoms with Crippen molar-refractivity contribution < 1.29 is 0 Å². The lowest BCUT2D eigenvalue weighted by Crippen LogP contribution is -2.21. The summed E-state index contributed by atoms with van der Waals surface area (Å²) in [5.74, 6) is 0. The Labute approximate surface area is 227 Å². The smallest absolute Gasteiger partial charge is 0.0297 e. The summed E-state index contributed by atoms with van der Waals surface area (Å²) in [6, 6.07) is 0. The van der Waals surface area contributed by atoms with Gasteiger partial charge in [-0.3, -0.25) is 0 Å². The van der Waals surface area contributed by atoms with E-state index < -0.39 is 0 Å². The van der Waals surface area contributed by atoms with E-state index in [0.29, 0.717) is 5.41 Å². The molecule has 35 heavy (non-hydrogen) atoms. The van der Waals surface area contributed by atoms with Crippen LogP contribution in [0.5, 0.6) is 0 Å². The van der Waals surface area contributed by atoms with Crippen molar-refractivity contribution in [1.82, 2.24) is 0 Å². The Morgan fingerprint density at radius 2 is 0.543 bits per heavy atom. The Morgan fingerprint density at radius 3 is 0.800 bits per heavy atom. The monoisotopic (exact) mass is 511 g/mol. The molecule has 0 rings (SSSR count). The zero-order valence-electron chi connectivity index (χ0n) is 25.3. The molecule has 0 saturated heterocycles. The fraction of sp³-hybridized carbons (Fsp3) is 1.00. The molecule has 212 valence electrons. The molecule has 0 fully saturated rings. The maximum Gasteiger partial charge on any atom is -0.0297 e. The average Bonchev–Trinajstić information content (AvgIpc) is 2.87. The van der Waals surface area contributed by atoms with Crippen molar-refractivity contribution in [1.29, 1.82) is 0 Å². The largest absolute Gasteiger partial charge is 0.138 e. The van der Waals surface area contributed by atoms with Gasteiger partial charge in [0.1, 0.15) is 0 Å². The third-order valence-corrected chi connectivity index (χ3v) is 9.00. The molecule has 0 aliphatic rings. The highest BCUT2D eigenvalue weighted by Gasteiger charge is 2.28. The summed E-state index contributed by atoms with van der Waals surface area (Å²) >= 11 is 0. The zero-order valence-corrected chi connectivity index (χ0v) is 26.4. The molecule has 0 spiro atoms. The van der Waals surface area contributed by atoms with Gasteiger partial charge in [0.2, 0.25) is 0 Å². The molecular formula is C34H71P. The second-order valence-electron chi connectivity index (χ2n) is 12.1. The fourth-order valence-corrected chi connectivity index (χ4v) is 6.41. The molecule has 0 aromatic rings. The van der Waals surface area contributed by atoms with Gasteiger partial charge in [-0.25, -0.2) is 0 Å². The minimum atomic E-state index is 0.686. The van der Waals surface area contributed by atoms with Crippen molar-refractivity contribution in [2.75, 3.05) is 6.16 Å². The Balaban J connectivity index is 4.23. The lowest BCUT2D eigenvalue weighted by atomic mass is 9.70. The molecule has 0 aliphatic carbocycles. The van der Waals surface area contributed by atoms with Gasteiger partial charge in [0.15, 0.2) is 0 Å². The summed E-state index contributed by atoms with van der Waals surface area (Å²) in [7, 11) is 2.86. The van der Waals surface area contributed by atoms with Crippen LogP contribution < -0.4 is 0 Å². The van der Waals surface area contributed by atoms with Gasteiger partial charge >= 0.3 is 0 Å². The van der Waals surface area contributed by atoms with Crippen LogP contribution in [-0.2, 0) is 0 Å². The topological polar surface area (TPSA) is 0 Å². The summed E-state index contributed by atoms with van der Waals surface area (Å²) in [5.41, 5.74) is 0.686. The zero-order chi connectivity index (χ0) is 25.7. The molecule has 0 amide bonds. The Bertz CT molecular complexity index is 346. The quantitative estimate of drug-likeness (QED) is 0.0665. The van der Waals surface area contributed by atoms with Crippen LogP contribution in [0, 0.1) is 5.41 Å². The molecule has 0 radical (unpaired) electrons. The van der Waals surface area contributed by atoms with Crippen LogP contribution in [0.3, 0.4) is 0 Å². The predicted molar refractivity (Wildman–Crippen MR) is 168 cm³/mol. The lowest BCUT2D eigenvalue weighted by molar-refractivity contribution is 0.172. The number of unbranched alkanes of at least 4 members (excludes halogenated alkanes) is 21. The number of hydrogen-bond donors (Lipinski definition) is 0.